The molecule has 0 aliphatic carbocycles. The van der Waals surface area contributed by atoms with E-state index >= 15 is 0 Å². The number of nitriles is 1. The normalized spacial score (nSPS) is 12.2. The quantitative estimate of drug-likeness (QED) is 0.836. The van der Waals surface area contributed by atoms with Crippen LogP contribution in [0, 0.1) is 18.3 Å². The Morgan fingerprint density at radius 3 is 2.82 bits per heavy atom. The zero-order chi connectivity index (χ0) is 12.8. The highest BCUT2D eigenvalue weighted by Crippen LogP contribution is 2.09. The third kappa shape index (κ3) is 4.00. The Labute approximate surface area is 102 Å². The van der Waals surface area contributed by atoms with Crippen molar-refractivity contribution in [2.24, 2.45) is 0 Å². The van der Waals surface area contributed by atoms with Crippen molar-refractivity contribution in [1.29, 1.82) is 5.26 Å². The first kappa shape index (κ1) is 13.4. The van der Waals surface area contributed by atoms with Crippen LogP contribution in [-0.4, -0.2) is 35.0 Å². The van der Waals surface area contributed by atoms with E-state index in [4.69, 9.17) is 5.26 Å². The molecular formula is C12H19N5. The molecule has 0 aliphatic rings. The van der Waals surface area contributed by atoms with Crippen molar-refractivity contribution < 1.29 is 0 Å². The minimum absolute atomic E-state index is 0.210. The lowest BCUT2D eigenvalue weighted by Crippen LogP contribution is -2.29. The molecule has 0 fully saturated rings. The van der Waals surface area contributed by atoms with Crippen LogP contribution in [0.15, 0.2) is 6.07 Å². The summed E-state index contributed by atoms with van der Waals surface area (Å²) in [7, 11) is 3.82. The van der Waals surface area contributed by atoms with Gasteiger partial charge in [0, 0.05) is 24.8 Å². The van der Waals surface area contributed by atoms with Crippen LogP contribution in [0.2, 0.25) is 0 Å². The van der Waals surface area contributed by atoms with Gasteiger partial charge in [-0.3, -0.25) is 4.90 Å². The van der Waals surface area contributed by atoms with E-state index in [0.29, 0.717) is 13.0 Å². The van der Waals surface area contributed by atoms with E-state index in [1.54, 1.807) is 0 Å². The molecule has 0 amide bonds. The molecule has 5 heteroatoms. The van der Waals surface area contributed by atoms with Crippen LogP contribution >= 0.6 is 0 Å². The minimum atomic E-state index is 0.210. The molecule has 0 bridgehead atoms. The van der Waals surface area contributed by atoms with E-state index in [0.717, 1.165) is 17.3 Å². The Hall–Kier alpha value is -1.67. The van der Waals surface area contributed by atoms with Gasteiger partial charge < -0.3 is 5.32 Å². The second-order valence-corrected chi connectivity index (χ2v) is 4.19. The van der Waals surface area contributed by atoms with E-state index in [1.165, 1.54) is 0 Å². The average molecular weight is 233 g/mol. The van der Waals surface area contributed by atoms with E-state index in [-0.39, 0.29) is 6.04 Å². The molecule has 1 N–H and O–H groups in total. The molecule has 0 aliphatic heterocycles. The summed E-state index contributed by atoms with van der Waals surface area (Å²) in [5.41, 5.74) is 0.945. The lowest BCUT2D eigenvalue weighted by atomic mass is 10.2. The van der Waals surface area contributed by atoms with Gasteiger partial charge in [-0.05, 0) is 20.9 Å². The molecule has 92 valence electrons. The smallest absolute Gasteiger partial charge is 0.144 e. The molecule has 0 radical (unpaired) electrons. The van der Waals surface area contributed by atoms with Crippen LogP contribution in [0.1, 0.15) is 24.9 Å². The van der Waals surface area contributed by atoms with E-state index in [1.807, 2.05) is 34.0 Å². The Kier molecular flexibility index (Phi) is 4.85. The lowest BCUT2D eigenvalue weighted by molar-refractivity contribution is 0.246. The topological polar surface area (TPSA) is 64.8 Å². The van der Waals surface area contributed by atoms with E-state index < -0.39 is 0 Å². The number of hydrogen-bond acceptors (Lipinski definition) is 5. The first-order valence-electron chi connectivity index (χ1n) is 5.66. The monoisotopic (exact) mass is 233 g/mol. The summed E-state index contributed by atoms with van der Waals surface area (Å²) in [5.74, 6) is 1.61. The SMILES string of the molecule is CNc1cc(C)nc(CN(C)C(C)CC#N)n1. The highest BCUT2D eigenvalue weighted by Gasteiger charge is 2.11. The summed E-state index contributed by atoms with van der Waals surface area (Å²) in [6.07, 6.45) is 0.515. The fraction of sp³-hybridized carbons (Fsp3) is 0.583. The van der Waals surface area contributed by atoms with Crippen molar-refractivity contribution in [1.82, 2.24) is 14.9 Å². The maximum Gasteiger partial charge on any atom is 0.144 e. The third-order valence-corrected chi connectivity index (χ3v) is 2.69. The highest BCUT2D eigenvalue weighted by atomic mass is 15.2. The molecule has 5 nitrogen and oxygen atoms in total. The molecule has 17 heavy (non-hydrogen) atoms. The minimum Gasteiger partial charge on any atom is -0.373 e. The van der Waals surface area contributed by atoms with Crippen LogP contribution in [-0.2, 0) is 6.54 Å². The predicted molar refractivity (Wildman–Crippen MR) is 67.5 cm³/mol. The highest BCUT2D eigenvalue weighted by molar-refractivity contribution is 5.34. The number of anilines is 1. The van der Waals surface area contributed by atoms with Gasteiger partial charge >= 0.3 is 0 Å². The maximum atomic E-state index is 8.66. The van der Waals surface area contributed by atoms with Crippen molar-refractivity contribution in [3.8, 4) is 6.07 Å². The molecule has 1 aromatic heterocycles. The predicted octanol–water partition coefficient (Wildman–Crippen LogP) is 1.56. The summed E-state index contributed by atoms with van der Waals surface area (Å²) in [6.45, 7) is 4.63. The van der Waals surface area contributed by atoms with Gasteiger partial charge in [-0.15, -0.1) is 0 Å². The molecule has 0 saturated heterocycles. The molecule has 1 rings (SSSR count). The van der Waals surface area contributed by atoms with E-state index in [9.17, 15) is 0 Å². The number of nitrogens with zero attached hydrogens (tertiary/aromatic N) is 4. The first-order valence-corrected chi connectivity index (χ1v) is 5.66. The molecule has 0 saturated carbocycles. The second-order valence-electron chi connectivity index (χ2n) is 4.19. The van der Waals surface area contributed by atoms with Crippen molar-refractivity contribution >= 4 is 5.82 Å². The summed E-state index contributed by atoms with van der Waals surface area (Å²) in [4.78, 5) is 10.9. The molecular weight excluding hydrogens is 214 g/mol. The zero-order valence-electron chi connectivity index (χ0n) is 10.9. The van der Waals surface area contributed by atoms with Gasteiger partial charge in [0.25, 0.3) is 0 Å². The van der Waals surface area contributed by atoms with Crippen LogP contribution in [0.5, 0.6) is 0 Å². The number of aromatic nitrogens is 2. The Morgan fingerprint density at radius 1 is 1.53 bits per heavy atom. The fourth-order valence-corrected chi connectivity index (χ4v) is 1.50. The summed E-state index contributed by atoms with van der Waals surface area (Å²) in [5, 5.41) is 11.7. The van der Waals surface area contributed by atoms with Gasteiger partial charge in [0.1, 0.15) is 11.6 Å². The van der Waals surface area contributed by atoms with Crippen molar-refractivity contribution in [3.63, 3.8) is 0 Å². The third-order valence-electron chi connectivity index (χ3n) is 2.69. The van der Waals surface area contributed by atoms with Gasteiger partial charge in [0.2, 0.25) is 0 Å². The van der Waals surface area contributed by atoms with Crippen LogP contribution in [0.3, 0.4) is 0 Å². The molecule has 1 unspecified atom stereocenters. The summed E-state index contributed by atoms with van der Waals surface area (Å²) >= 11 is 0. The number of aryl methyl sites for hydroxylation is 1. The Balaban J connectivity index is 2.74. The van der Waals surface area contributed by atoms with Gasteiger partial charge in [-0.1, -0.05) is 0 Å². The standard InChI is InChI=1S/C12H19N5/c1-9-7-11(14-3)16-12(15-9)8-17(4)10(2)5-6-13/h7,10H,5,8H2,1-4H3,(H,14,15,16). The number of rotatable bonds is 5. The van der Waals surface area contributed by atoms with Gasteiger partial charge in [-0.2, -0.15) is 5.26 Å². The Bertz CT molecular complexity index is 410. The van der Waals surface area contributed by atoms with Crippen LogP contribution in [0.25, 0.3) is 0 Å². The zero-order valence-corrected chi connectivity index (χ0v) is 10.9. The fourth-order valence-electron chi connectivity index (χ4n) is 1.50. The molecule has 0 spiro atoms. The maximum absolute atomic E-state index is 8.66. The lowest BCUT2D eigenvalue weighted by Gasteiger charge is -2.21. The molecule has 1 aromatic rings. The number of hydrogen-bond donors (Lipinski definition) is 1. The molecule has 0 aromatic carbocycles. The summed E-state index contributed by atoms with van der Waals surface area (Å²) in [6, 6.07) is 4.29. The van der Waals surface area contributed by atoms with Crippen molar-refractivity contribution in [2.45, 2.75) is 32.9 Å². The van der Waals surface area contributed by atoms with Crippen LogP contribution < -0.4 is 5.32 Å². The van der Waals surface area contributed by atoms with Crippen LogP contribution in [0.4, 0.5) is 5.82 Å². The van der Waals surface area contributed by atoms with Crippen molar-refractivity contribution in [2.75, 3.05) is 19.4 Å². The molecule has 1 atom stereocenters. The largest absolute Gasteiger partial charge is 0.373 e. The van der Waals surface area contributed by atoms with E-state index in [2.05, 4.69) is 26.3 Å². The van der Waals surface area contributed by atoms with Gasteiger partial charge in [0.15, 0.2) is 0 Å². The Morgan fingerprint density at radius 2 is 2.24 bits per heavy atom. The van der Waals surface area contributed by atoms with Gasteiger partial charge in [0.05, 0.1) is 19.0 Å². The van der Waals surface area contributed by atoms with Crippen molar-refractivity contribution in [3.05, 3.63) is 17.6 Å². The van der Waals surface area contributed by atoms with Gasteiger partial charge in [-0.25, -0.2) is 9.97 Å². The number of nitrogens with one attached hydrogen (secondary N) is 1. The first-order chi connectivity index (χ1) is 8.06. The average Bonchev–Trinajstić information content (AvgIpc) is 2.28. The summed E-state index contributed by atoms with van der Waals surface area (Å²) < 4.78 is 0. The molecule has 1 heterocycles. The second kappa shape index (κ2) is 6.16.